The van der Waals surface area contributed by atoms with Crippen molar-refractivity contribution in [1.82, 2.24) is 20.9 Å². The van der Waals surface area contributed by atoms with Gasteiger partial charge in [-0.3, -0.25) is 0 Å². The first-order valence-corrected chi connectivity index (χ1v) is 6.75. The summed E-state index contributed by atoms with van der Waals surface area (Å²) < 4.78 is 13.4. The van der Waals surface area contributed by atoms with Crippen LogP contribution >= 0.6 is 0 Å². The summed E-state index contributed by atoms with van der Waals surface area (Å²) >= 11 is 0. The summed E-state index contributed by atoms with van der Waals surface area (Å²) in [6.45, 7) is 2.92. The number of benzene rings is 1. The Bertz CT molecular complexity index is 544. The van der Waals surface area contributed by atoms with Crippen molar-refractivity contribution in [3.8, 4) is 0 Å². The minimum absolute atomic E-state index is 0.0208. The molecule has 1 aliphatic rings. The normalized spacial score (nSPS) is 14.3. The van der Waals surface area contributed by atoms with E-state index < -0.39 is 0 Å². The van der Waals surface area contributed by atoms with Crippen molar-refractivity contribution in [2.24, 2.45) is 0 Å². The number of halogens is 1. The van der Waals surface area contributed by atoms with E-state index in [2.05, 4.69) is 16.0 Å². The molecule has 6 nitrogen and oxygen atoms in total. The number of likely N-dealkylation sites (tertiary alicyclic amines) is 1. The quantitative estimate of drug-likeness (QED) is 0.777. The van der Waals surface area contributed by atoms with Crippen LogP contribution in [-0.4, -0.2) is 43.1 Å². The number of nitrogens with one attached hydrogen (secondary N) is 3. The second-order valence-corrected chi connectivity index (χ2v) is 5.07. The molecule has 1 aromatic carbocycles. The Hall–Kier alpha value is -2.31. The Balaban J connectivity index is 1.74. The smallest absolute Gasteiger partial charge is 0.317 e. The fraction of sp³-hybridized carbons (Fsp3) is 0.429. The van der Waals surface area contributed by atoms with Crippen molar-refractivity contribution in [2.45, 2.75) is 19.5 Å². The topological polar surface area (TPSA) is 73.5 Å². The van der Waals surface area contributed by atoms with Crippen molar-refractivity contribution in [2.75, 3.05) is 20.1 Å². The van der Waals surface area contributed by atoms with Gasteiger partial charge in [-0.25, -0.2) is 14.0 Å². The molecule has 0 unspecified atom stereocenters. The van der Waals surface area contributed by atoms with Crippen molar-refractivity contribution in [1.29, 1.82) is 0 Å². The highest BCUT2D eigenvalue weighted by molar-refractivity contribution is 5.77. The molecule has 0 aromatic heterocycles. The average Bonchev–Trinajstić information content (AvgIpc) is 2.43. The average molecular weight is 294 g/mol. The predicted molar refractivity (Wildman–Crippen MR) is 76.3 cm³/mol. The highest BCUT2D eigenvalue weighted by atomic mass is 19.1. The standard InChI is InChI=1S/C14H19FN4O2/c1-9-3-4-10(5-12(9)15)6-17-14(21)19-7-11(8-19)18-13(20)16-2/h3-5,11H,6-8H2,1-2H3,(H,17,21)(H2,16,18,20). The summed E-state index contributed by atoms with van der Waals surface area (Å²) in [5, 5.41) is 7.90. The molecule has 21 heavy (non-hydrogen) atoms. The van der Waals surface area contributed by atoms with E-state index in [1.54, 1.807) is 31.0 Å². The number of rotatable bonds is 3. The van der Waals surface area contributed by atoms with Crippen LogP contribution in [0.4, 0.5) is 14.0 Å². The van der Waals surface area contributed by atoms with E-state index in [0.717, 1.165) is 0 Å². The van der Waals surface area contributed by atoms with Crippen LogP contribution in [0.1, 0.15) is 11.1 Å². The van der Waals surface area contributed by atoms with Crippen LogP contribution in [0.25, 0.3) is 0 Å². The molecule has 7 heteroatoms. The van der Waals surface area contributed by atoms with Gasteiger partial charge in [0.1, 0.15) is 5.82 Å². The molecule has 0 bridgehead atoms. The summed E-state index contributed by atoms with van der Waals surface area (Å²) in [4.78, 5) is 24.5. The second-order valence-electron chi connectivity index (χ2n) is 5.07. The third-order valence-corrected chi connectivity index (χ3v) is 3.41. The van der Waals surface area contributed by atoms with Gasteiger partial charge in [-0.2, -0.15) is 0 Å². The van der Waals surface area contributed by atoms with Crippen LogP contribution < -0.4 is 16.0 Å². The van der Waals surface area contributed by atoms with Gasteiger partial charge in [0.15, 0.2) is 0 Å². The summed E-state index contributed by atoms with van der Waals surface area (Å²) in [5.41, 5.74) is 1.29. The Labute approximate surface area is 122 Å². The third kappa shape index (κ3) is 3.84. The molecule has 0 spiro atoms. The van der Waals surface area contributed by atoms with Crippen LogP contribution in [0.2, 0.25) is 0 Å². The zero-order valence-electron chi connectivity index (χ0n) is 12.1. The van der Waals surface area contributed by atoms with Crippen LogP contribution in [0, 0.1) is 12.7 Å². The maximum atomic E-state index is 13.4. The van der Waals surface area contributed by atoms with Crippen molar-refractivity contribution < 1.29 is 14.0 Å². The maximum Gasteiger partial charge on any atom is 0.317 e. The van der Waals surface area contributed by atoms with Gasteiger partial charge >= 0.3 is 12.1 Å². The second kappa shape index (κ2) is 6.43. The van der Waals surface area contributed by atoms with E-state index in [-0.39, 0.29) is 30.5 Å². The molecule has 1 saturated heterocycles. The van der Waals surface area contributed by atoms with Gasteiger partial charge in [-0.15, -0.1) is 0 Å². The van der Waals surface area contributed by atoms with E-state index in [4.69, 9.17) is 0 Å². The number of nitrogens with zero attached hydrogens (tertiary/aromatic N) is 1. The molecule has 1 aromatic rings. The Morgan fingerprint density at radius 2 is 2.10 bits per heavy atom. The molecule has 0 saturated carbocycles. The first-order valence-electron chi connectivity index (χ1n) is 6.75. The van der Waals surface area contributed by atoms with Gasteiger partial charge in [-0.05, 0) is 24.1 Å². The predicted octanol–water partition coefficient (Wildman–Crippen LogP) is 0.957. The number of amides is 4. The van der Waals surface area contributed by atoms with Crippen LogP contribution in [0.3, 0.4) is 0 Å². The van der Waals surface area contributed by atoms with E-state index >= 15 is 0 Å². The molecule has 4 amide bonds. The van der Waals surface area contributed by atoms with Gasteiger partial charge in [-0.1, -0.05) is 12.1 Å². The number of aryl methyl sites for hydroxylation is 1. The summed E-state index contributed by atoms with van der Waals surface area (Å²) in [7, 11) is 1.54. The highest BCUT2D eigenvalue weighted by Gasteiger charge is 2.31. The van der Waals surface area contributed by atoms with Gasteiger partial charge in [0.2, 0.25) is 0 Å². The lowest BCUT2D eigenvalue weighted by atomic mass is 10.1. The van der Waals surface area contributed by atoms with E-state index in [0.29, 0.717) is 24.2 Å². The molecule has 1 heterocycles. The third-order valence-electron chi connectivity index (χ3n) is 3.41. The van der Waals surface area contributed by atoms with Gasteiger partial charge in [0, 0.05) is 26.7 Å². The largest absolute Gasteiger partial charge is 0.341 e. The molecule has 1 fully saturated rings. The van der Waals surface area contributed by atoms with E-state index in [1.807, 2.05) is 0 Å². The fourth-order valence-electron chi connectivity index (χ4n) is 2.03. The number of hydrogen-bond donors (Lipinski definition) is 3. The minimum atomic E-state index is -0.277. The number of hydrogen-bond acceptors (Lipinski definition) is 2. The zero-order chi connectivity index (χ0) is 15.4. The van der Waals surface area contributed by atoms with Crippen LogP contribution in [0.5, 0.6) is 0 Å². The monoisotopic (exact) mass is 294 g/mol. The molecule has 0 aliphatic carbocycles. The first kappa shape index (κ1) is 15.1. The molecule has 2 rings (SSSR count). The van der Waals surface area contributed by atoms with E-state index in [9.17, 15) is 14.0 Å². The van der Waals surface area contributed by atoms with Gasteiger partial charge in [0.05, 0.1) is 6.04 Å². The number of carbonyl (C=O) groups is 2. The molecule has 1 aliphatic heterocycles. The number of urea groups is 2. The lowest BCUT2D eigenvalue weighted by molar-refractivity contribution is 0.139. The number of carbonyl (C=O) groups excluding carboxylic acids is 2. The van der Waals surface area contributed by atoms with Crippen LogP contribution in [0.15, 0.2) is 18.2 Å². The fourth-order valence-corrected chi connectivity index (χ4v) is 2.03. The van der Waals surface area contributed by atoms with E-state index in [1.165, 1.54) is 6.07 Å². The SMILES string of the molecule is CNC(=O)NC1CN(C(=O)NCc2ccc(C)c(F)c2)C1. The zero-order valence-corrected chi connectivity index (χ0v) is 12.1. The highest BCUT2D eigenvalue weighted by Crippen LogP contribution is 2.10. The molecule has 0 radical (unpaired) electrons. The van der Waals surface area contributed by atoms with Crippen molar-refractivity contribution in [3.05, 3.63) is 35.1 Å². The molecule has 3 N–H and O–H groups in total. The first-order chi connectivity index (χ1) is 9.99. The molecular weight excluding hydrogens is 275 g/mol. The summed E-state index contributed by atoms with van der Waals surface area (Å²) in [5.74, 6) is -0.277. The van der Waals surface area contributed by atoms with Crippen LogP contribution in [-0.2, 0) is 6.54 Å². The summed E-state index contributed by atoms with van der Waals surface area (Å²) in [6.07, 6.45) is 0. The Kier molecular flexibility index (Phi) is 4.62. The van der Waals surface area contributed by atoms with Gasteiger partial charge < -0.3 is 20.9 Å². The molecule has 0 atom stereocenters. The Morgan fingerprint density at radius 3 is 2.71 bits per heavy atom. The maximum absolute atomic E-state index is 13.4. The molecular formula is C14H19FN4O2. The lowest BCUT2D eigenvalue weighted by Crippen LogP contribution is -2.63. The lowest BCUT2D eigenvalue weighted by Gasteiger charge is -2.39. The molecule has 114 valence electrons. The van der Waals surface area contributed by atoms with Crippen molar-refractivity contribution >= 4 is 12.1 Å². The van der Waals surface area contributed by atoms with Crippen molar-refractivity contribution in [3.63, 3.8) is 0 Å². The van der Waals surface area contributed by atoms with Gasteiger partial charge in [0.25, 0.3) is 0 Å². The minimum Gasteiger partial charge on any atom is -0.341 e. The Morgan fingerprint density at radius 1 is 1.38 bits per heavy atom. The summed E-state index contributed by atoms with van der Waals surface area (Å²) in [6, 6.07) is 4.39.